The summed E-state index contributed by atoms with van der Waals surface area (Å²) >= 11 is 0. The van der Waals surface area contributed by atoms with Gasteiger partial charge in [0.05, 0.1) is 0 Å². The van der Waals surface area contributed by atoms with E-state index in [0.717, 1.165) is 0 Å². The molecular formula is C18H26. The summed E-state index contributed by atoms with van der Waals surface area (Å²) in [5.74, 6) is 0. The van der Waals surface area contributed by atoms with Gasteiger partial charge in [0, 0.05) is 0 Å². The van der Waals surface area contributed by atoms with E-state index in [4.69, 9.17) is 0 Å². The van der Waals surface area contributed by atoms with E-state index in [0.29, 0.717) is 0 Å². The summed E-state index contributed by atoms with van der Waals surface area (Å²) in [6.07, 6.45) is 7.40. The maximum Gasteiger partial charge on any atom is -0.0241 e. The number of aryl methyl sites for hydroxylation is 1. The molecular weight excluding hydrogens is 216 g/mol. The van der Waals surface area contributed by atoms with Crippen molar-refractivity contribution in [3.05, 3.63) is 52.8 Å². The normalized spacial score (nSPS) is 9.94. The second kappa shape index (κ2) is 8.78. The van der Waals surface area contributed by atoms with Crippen LogP contribution in [0.2, 0.25) is 0 Å². The Bertz CT molecular complexity index is 387. The SMILES string of the molecule is CCCCC(=C=C(C)C)CCCc1ccccc1. The molecule has 0 heteroatoms. The van der Waals surface area contributed by atoms with Crippen molar-refractivity contribution in [3.63, 3.8) is 0 Å². The first-order valence-electron chi connectivity index (χ1n) is 7.18. The van der Waals surface area contributed by atoms with Crippen LogP contribution in [0.4, 0.5) is 0 Å². The van der Waals surface area contributed by atoms with E-state index in [1.807, 2.05) is 0 Å². The van der Waals surface area contributed by atoms with Crippen LogP contribution >= 0.6 is 0 Å². The summed E-state index contributed by atoms with van der Waals surface area (Å²) < 4.78 is 0. The van der Waals surface area contributed by atoms with Crippen LogP contribution in [0.5, 0.6) is 0 Å². The quantitative estimate of drug-likeness (QED) is 0.539. The van der Waals surface area contributed by atoms with Gasteiger partial charge in [-0.1, -0.05) is 43.7 Å². The summed E-state index contributed by atoms with van der Waals surface area (Å²) in [5.41, 5.74) is 7.80. The molecule has 1 aromatic carbocycles. The number of benzene rings is 1. The molecule has 0 amide bonds. The first kappa shape index (κ1) is 14.8. The van der Waals surface area contributed by atoms with Crippen molar-refractivity contribution in [1.29, 1.82) is 0 Å². The van der Waals surface area contributed by atoms with Crippen LogP contribution in [0.15, 0.2) is 47.2 Å². The molecule has 0 saturated carbocycles. The molecule has 0 aliphatic rings. The number of allylic oxidation sites excluding steroid dienone is 1. The van der Waals surface area contributed by atoms with E-state index in [2.05, 4.69) is 56.8 Å². The van der Waals surface area contributed by atoms with Gasteiger partial charge in [-0.15, -0.1) is 5.73 Å². The van der Waals surface area contributed by atoms with Crippen molar-refractivity contribution < 1.29 is 0 Å². The van der Waals surface area contributed by atoms with Crippen molar-refractivity contribution in [2.75, 3.05) is 0 Å². The summed E-state index contributed by atoms with van der Waals surface area (Å²) in [6, 6.07) is 10.8. The molecule has 0 heterocycles. The largest absolute Gasteiger partial charge is 0.123 e. The lowest BCUT2D eigenvalue weighted by atomic mass is 10.0. The molecule has 18 heavy (non-hydrogen) atoms. The van der Waals surface area contributed by atoms with Crippen LogP contribution in [0.1, 0.15) is 58.4 Å². The van der Waals surface area contributed by atoms with Gasteiger partial charge < -0.3 is 0 Å². The number of rotatable bonds is 7. The van der Waals surface area contributed by atoms with Crippen molar-refractivity contribution >= 4 is 0 Å². The third kappa shape index (κ3) is 6.47. The standard InChI is InChI=1S/C18H26/c1-4-5-10-18(15-16(2)3)14-9-13-17-11-7-6-8-12-17/h6-8,11-12H,4-5,9-10,13-14H2,1-3H3. The summed E-state index contributed by atoms with van der Waals surface area (Å²) in [7, 11) is 0. The minimum Gasteiger partial charge on any atom is -0.123 e. The Morgan fingerprint density at radius 2 is 1.67 bits per heavy atom. The molecule has 0 aliphatic carbocycles. The maximum atomic E-state index is 3.53. The molecule has 0 spiro atoms. The van der Waals surface area contributed by atoms with E-state index < -0.39 is 0 Å². The third-order valence-corrected chi connectivity index (χ3v) is 3.05. The van der Waals surface area contributed by atoms with Gasteiger partial charge in [-0.2, -0.15) is 0 Å². The highest BCUT2D eigenvalue weighted by Gasteiger charge is 1.98. The zero-order valence-corrected chi connectivity index (χ0v) is 12.1. The van der Waals surface area contributed by atoms with Crippen LogP contribution in [-0.4, -0.2) is 0 Å². The molecule has 0 aliphatic heterocycles. The summed E-state index contributed by atoms with van der Waals surface area (Å²) in [4.78, 5) is 0. The molecule has 0 saturated heterocycles. The van der Waals surface area contributed by atoms with Crippen LogP contribution in [0, 0.1) is 0 Å². The highest BCUT2D eigenvalue weighted by atomic mass is 14.0. The van der Waals surface area contributed by atoms with Gasteiger partial charge in [-0.25, -0.2) is 0 Å². The first-order valence-corrected chi connectivity index (χ1v) is 7.18. The summed E-state index contributed by atoms with van der Waals surface area (Å²) in [5, 5.41) is 0. The number of hydrogen-bond donors (Lipinski definition) is 0. The van der Waals surface area contributed by atoms with Gasteiger partial charge in [0.2, 0.25) is 0 Å². The Kier molecular flexibility index (Phi) is 7.22. The first-order chi connectivity index (χ1) is 8.72. The fourth-order valence-electron chi connectivity index (χ4n) is 2.14. The van der Waals surface area contributed by atoms with E-state index >= 15 is 0 Å². The molecule has 0 bridgehead atoms. The van der Waals surface area contributed by atoms with Crippen molar-refractivity contribution in [3.8, 4) is 0 Å². The fraction of sp³-hybridized carbons (Fsp3) is 0.500. The maximum absolute atomic E-state index is 3.53. The minimum atomic E-state index is 1.18. The van der Waals surface area contributed by atoms with Crippen molar-refractivity contribution in [2.45, 2.75) is 59.3 Å². The Hall–Kier alpha value is -1.26. The molecule has 0 aromatic heterocycles. The van der Waals surface area contributed by atoms with Gasteiger partial charge in [-0.3, -0.25) is 0 Å². The average Bonchev–Trinajstić information content (AvgIpc) is 2.36. The fourth-order valence-corrected chi connectivity index (χ4v) is 2.14. The number of unbranched alkanes of at least 4 members (excludes halogenated alkanes) is 1. The van der Waals surface area contributed by atoms with Crippen LogP contribution < -0.4 is 0 Å². The molecule has 0 radical (unpaired) electrons. The van der Waals surface area contributed by atoms with E-state index in [1.165, 1.54) is 55.2 Å². The second-order valence-corrected chi connectivity index (χ2v) is 5.17. The Morgan fingerprint density at radius 1 is 1.00 bits per heavy atom. The average molecular weight is 242 g/mol. The summed E-state index contributed by atoms with van der Waals surface area (Å²) in [6.45, 7) is 6.54. The smallest absolute Gasteiger partial charge is 0.0241 e. The molecule has 98 valence electrons. The molecule has 0 unspecified atom stereocenters. The predicted molar refractivity (Wildman–Crippen MR) is 80.8 cm³/mol. The number of hydrogen-bond acceptors (Lipinski definition) is 0. The zero-order chi connectivity index (χ0) is 13.2. The lowest BCUT2D eigenvalue weighted by molar-refractivity contribution is 0.722. The highest BCUT2D eigenvalue weighted by Crippen LogP contribution is 2.15. The van der Waals surface area contributed by atoms with E-state index in [1.54, 1.807) is 0 Å². The molecule has 1 aromatic rings. The Labute approximate surface area is 112 Å². The van der Waals surface area contributed by atoms with Crippen LogP contribution in [-0.2, 0) is 6.42 Å². The molecule has 0 atom stereocenters. The van der Waals surface area contributed by atoms with Gasteiger partial charge in [0.1, 0.15) is 0 Å². The van der Waals surface area contributed by atoms with Crippen molar-refractivity contribution in [1.82, 2.24) is 0 Å². The lowest BCUT2D eigenvalue weighted by Gasteiger charge is -2.05. The highest BCUT2D eigenvalue weighted by molar-refractivity contribution is 5.15. The predicted octanol–water partition coefficient (Wildman–Crippen LogP) is 5.69. The Morgan fingerprint density at radius 3 is 2.28 bits per heavy atom. The van der Waals surface area contributed by atoms with Gasteiger partial charge in [0.25, 0.3) is 0 Å². The van der Waals surface area contributed by atoms with E-state index in [9.17, 15) is 0 Å². The van der Waals surface area contributed by atoms with Crippen LogP contribution in [0.25, 0.3) is 0 Å². The zero-order valence-electron chi connectivity index (χ0n) is 12.1. The van der Waals surface area contributed by atoms with Gasteiger partial charge in [0.15, 0.2) is 0 Å². The second-order valence-electron chi connectivity index (χ2n) is 5.17. The van der Waals surface area contributed by atoms with Gasteiger partial charge in [-0.05, 0) is 62.7 Å². The molecule has 0 nitrogen and oxygen atoms in total. The van der Waals surface area contributed by atoms with Gasteiger partial charge >= 0.3 is 0 Å². The van der Waals surface area contributed by atoms with E-state index in [-0.39, 0.29) is 0 Å². The minimum absolute atomic E-state index is 1.18. The third-order valence-electron chi connectivity index (χ3n) is 3.05. The molecule has 0 fully saturated rings. The molecule has 1 rings (SSSR count). The molecule has 0 N–H and O–H groups in total. The topological polar surface area (TPSA) is 0 Å². The van der Waals surface area contributed by atoms with Crippen molar-refractivity contribution in [2.24, 2.45) is 0 Å². The van der Waals surface area contributed by atoms with Crippen LogP contribution in [0.3, 0.4) is 0 Å². The Balaban J connectivity index is 2.45. The monoisotopic (exact) mass is 242 g/mol. The lowest BCUT2D eigenvalue weighted by Crippen LogP contribution is -1.89.